The van der Waals surface area contributed by atoms with Crippen LogP contribution < -0.4 is 10.6 Å². The fourth-order valence-corrected chi connectivity index (χ4v) is 3.07. The van der Waals surface area contributed by atoms with Gasteiger partial charge in [0.25, 0.3) is 11.6 Å². The second-order valence-electron chi connectivity index (χ2n) is 6.55. The molecule has 1 aromatic heterocycles. The predicted molar refractivity (Wildman–Crippen MR) is 105 cm³/mol. The second kappa shape index (κ2) is 8.49. The number of furan rings is 1. The summed E-state index contributed by atoms with van der Waals surface area (Å²) in [6, 6.07) is 16.3. The number of rotatable bonds is 7. The largest absolute Gasteiger partial charge is 0.463 e. The highest BCUT2D eigenvalue weighted by atomic mass is 16.6. The Balaban J connectivity index is 1.76. The third-order valence-corrected chi connectivity index (χ3v) is 4.72. The summed E-state index contributed by atoms with van der Waals surface area (Å²) in [4.78, 5) is 23.4. The first-order chi connectivity index (χ1) is 13.5. The van der Waals surface area contributed by atoms with Gasteiger partial charge >= 0.3 is 0 Å². The molecule has 0 radical (unpaired) electrons. The summed E-state index contributed by atoms with van der Waals surface area (Å²) >= 11 is 0. The van der Waals surface area contributed by atoms with Gasteiger partial charge in [-0.15, -0.1) is 0 Å². The van der Waals surface area contributed by atoms with Crippen LogP contribution in [0.15, 0.2) is 65.3 Å². The normalized spacial score (nSPS) is 11.8. The van der Waals surface area contributed by atoms with Crippen LogP contribution in [0.1, 0.15) is 28.5 Å². The van der Waals surface area contributed by atoms with E-state index in [2.05, 4.69) is 5.32 Å². The van der Waals surface area contributed by atoms with Crippen LogP contribution in [-0.2, 0) is 4.79 Å². The van der Waals surface area contributed by atoms with Crippen LogP contribution in [0, 0.1) is 24.0 Å². The number of nitrogens with one attached hydrogen (secondary N) is 1. The van der Waals surface area contributed by atoms with Crippen LogP contribution >= 0.6 is 0 Å². The summed E-state index contributed by atoms with van der Waals surface area (Å²) < 4.78 is 5.53. The number of nitro groups is 1. The molecule has 28 heavy (non-hydrogen) atoms. The van der Waals surface area contributed by atoms with Crippen molar-refractivity contribution in [2.45, 2.75) is 19.9 Å². The molecule has 0 saturated carbocycles. The Hall–Kier alpha value is -3.45. The van der Waals surface area contributed by atoms with Crippen molar-refractivity contribution in [3.05, 3.63) is 93.4 Å². The summed E-state index contributed by atoms with van der Waals surface area (Å²) in [6.07, 6.45) is 1.60. The number of nitrogens with two attached hydrogens (primary N) is 1. The Morgan fingerprint density at radius 1 is 1.14 bits per heavy atom. The molecule has 0 aliphatic carbocycles. The standard InChI is InChI=1S/C21H21N3O4/c1-14-10-11-17(24(26)27)20(15(14)2)23-19(25)13-22-21(18-9-6-12-28-18)16-7-4-3-5-8-16/h3-12,21-22H,13H2,1-2H3,(H,23,25)/p+1/t21-/m1/s1. The van der Waals surface area contributed by atoms with Crippen molar-refractivity contribution in [2.24, 2.45) is 0 Å². The Labute approximate surface area is 162 Å². The van der Waals surface area contributed by atoms with Crippen LogP contribution in [-0.4, -0.2) is 17.4 Å². The molecule has 1 atom stereocenters. The molecule has 0 aliphatic heterocycles. The van der Waals surface area contributed by atoms with Gasteiger partial charge in [-0.25, -0.2) is 0 Å². The Bertz CT molecular complexity index is 969. The SMILES string of the molecule is Cc1ccc([N+](=O)[O-])c(NC(=O)C[NH2+][C@H](c2ccccc2)c2ccco2)c1C. The summed E-state index contributed by atoms with van der Waals surface area (Å²) in [5, 5.41) is 15.9. The number of aryl methyl sites for hydroxylation is 1. The number of amides is 1. The first-order valence-electron chi connectivity index (χ1n) is 8.93. The molecule has 0 unspecified atom stereocenters. The first kappa shape index (κ1) is 19.3. The predicted octanol–water partition coefficient (Wildman–Crippen LogP) is 3.10. The molecular weight excluding hydrogens is 358 g/mol. The maximum absolute atomic E-state index is 12.6. The minimum atomic E-state index is -0.485. The average molecular weight is 380 g/mol. The summed E-state index contributed by atoms with van der Waals surface area (Å²) in [5.74, 6) is 0.418. The van der Waals surface area contributed by atoms with Crippen molar-refractivity contribution in [2.75, 3.05) is 11.9 Å². The van der Waals surface area contributed by atoms with E-state index in [0.717, 1.165) is 16.9 Å². The van der Waals surface area contributed by atoms with E-state index in [1.165, 1.54) is 6.07 Å². The molecule has 7 nitrogen and oxygen atoms in total. The molecule has 0 bridgehead atoms. The Kier molecular flexibility index (Phi) is 5.86. The van der Waals surface area contributed by atoms with Gasteiger partial charge in [-0.3, -0.25) is 14.9 Å². The van der Waals surface area contributed by atoms with Gasteiger partial charge in [-0.2, -0.15) is 0 Å². The van der Waals surface area contributed by atoms with E-state index in [1.807, 2.05) is 48.6 Å². The fourth-order valence-electron chi connectivity index (χ4n) is 3.07. The van der Waals surface area contributed by atoms with Crippen LogP contribution in [0.5, 0.6) is 0 Å². The Morgan fingerprint density at radius 2 is 1.89 bits per heavy atom. The number of benzene rings is 2. The molecule has 0 spiro atoms. The molecular formula is C21H22N3O4+. The monoisotopic (exact) mass is 380 g/mol. The van der Waals surface area contributed by atoms with E-state index in [4.69, 9.17) is 4.42 Å². The highest BCUT2D eigenvalue weighted by Gasteiger charge is 2.23. The van der Waals surface area contributed by atoms with Crippen LogP contribution in [0.25, 0.3) is 0 Å². The van der Waals surface area contributed by atoms with Crippen molar-refractivity contribution < 1.29 is 19.5 Å². The number of quaternary nitrogens is 1. The van der Waals surface area contributed by atoms with Crippen molar-refractivity contribution >= 4 is 17.3 Å². The van der Waals surface area contributed by atoms with Crippen LogP contribution in [0.3, 0.4) is 0 Å². The third-order valence-electron chi connectivity index (χ3n) is 4.72. The zero-order valence-corrected chi connectivity index (χ0v) is 15.7. The zero-order valence-electron chi connectivity index (χ0n) is 15.7. The summed E-state index contributed by atoms with van der Waals surface area (Å²) in [7, 11) is 0. The number of hydrogen-bond acceptors (Lipinski definition) is 4. The molecule has 0 aliphatic rings. The number of anilines is 1. The van der Waals surface area contributed by atoms with Crippen LogP contribution in [0.4, 0.5) is 11.4 Å². The molecule has 144 valence electrons. The lowest BCUT2D eigenvalue weighted by Crippen LogP contribution is -2.87. The van der Waals surface area contributed by atoms with Crippen molar-refractivity contribution in [1.29, 1.82) is 0 Å². The zero-order chi connectivity index (χ0) is 20.1. The van der Waals surface area contributed by atoms with E-state index in [1.54, 1.807) is 25.3 Å². The van der Waals surface area contributed by atoms with E-state index in [-0.39, 0.29) is 29.9 Å². The lowest BCUT2D eigenvalue weighted by Gasteiger charge is -2.15. The van der Waals surface area contributed by atoms with E-state index >= 15 is 0 Å². The maximum atomic E-state index is 12.6. The number of hydrogen-bond donors (Lipinski definition) is 2. The molecule has 3 N–H and O–H groups in total. The number of nitro benzene ring substituents is 1. The minimum absolute atomic E-state index is 0.0881. The molecule has 0 fully saturated rings. The number of nitrogens with zero attached hydrogens (tertiary/aromatic N) is 1. The first-order valence-corrected chi connectivity index (χ1v) is 8.93. The van der Waals surface area contributed by atoms with Gasteiger partial charge in [-0.1, -0.05) is 36.4 Å². The number of carbonyl (C=O) groups excluding carboxylic acids is 1. The number of carbonyl (C=O) groups is 1. The van der Waals surface area contributed by atoms with E-state index in [9.17, 15) is 14.9 Å². The Morgan fingerprint density at radius 3 is 2.54 bits per heavy atom. The van der Waals surface area contributed by atoms with Gasteiger partial charge in [0.2, 0.25) is 0 Å². The maximum Gasteiger partial charge on any atom is 0.293 e. The molecule has 2 aromatic carbocycles. The highest BCUT2D eigenvalue weighted by molar-refractivity contribution is 5.94. The van der Waals surface area contributed by atoms with Gasteiger partial charge in [0.1, 0.15) is 5.69 Å². The van der Waals surface area contributed by atoms with Gasteiger partial charge in [0.05, 0.1) is 11.2 Å². The van der Waals surface area contributed by atoms with Crippen molar-refractivity contribution in [1.82, 2.24) is 0 Å². The lowest BCUT2D eigenvalue weighted by molar-refractivity contribution is -0.678. The average Bonchev–Trinajstić information content (AvgIpc) is 3.21. The highest BCUT2D eigenvalue weighted by Crippen LogP contribution is 2.30. The van der Waals surface area contributed by atoms with Crippen LogP contribution in [0.2, 0.25) is 0 Å². The quantitative estimate of drug-likeness (QED) is 0.486. The van der Waals surface area contributed by atoms with Gasteiger partial charge in [0, 0.05) is 11.6 Å². The lowest BCUT2D eigenvalue weighted by atomic mass is 10.0. The smallest absolute Gasteiger partial charge is 0.293 e. The fraction of sp³-hybridized carbons (Fsp3) is 0.190. The van der Waals surface area contributed by atoms with E-state index < -0.39 is 4.92 Å². The molecule has 3 rings (SSSR count). The molecule has 7 heteroatoms. The minimum Gasteiger partial charge on any atom is -0.463 e. The van der Waals surface area contributed by atoms with Gasteiger partial charge in [-0.05, 0) is 37.1 Å². The van der Waals surface area contributed by atoms with Gasteiger partial charge in [0.15, 0.2) is 18.3 Å². The topological polar surface area (TPSA) is 102 Å². The summed E-state index contributed by atoms with van der Waals surface area (Å²) in [5.41, 5.74) is 2.71. The van der Waals surface area contributed by atoms with Crippen molar-refractivity contribution in [3.8, 4) is 0 Å². The molecule has 3 aromatic rings. The second-order valence-corrected chi connectivity index (χ2v) is 6.55. The van der Waals surface area contributed by atoms with Crippen molar-refractivity contribution in [3.63, 3.8) is 0 Å². The molecule has 0 saturated heterocycles. The summed E-state index contributed by atoms with van der Waals surface area (Å²) in [6.45, 7) is 3.70. The molecule has 1 amide bonds. The van der Waals surface area contributed by atoms with Gasteiger partial charge < -0.3 is 15.1 Å². The van der Waals surface area contributed by atoms with E-state index in [0.29, 0.717) is 5.56 Å². The third kappa shape index (κ3) is 4.27. The molecule has 1 heterocycles.